The molecule has 1 rings (SSSR count). The fraction of sp³-hybridized carbons (Fsp3) is 0.273. The van der Waals surface area contributed by atoms with Gasteiger partial charge in [0.2, 0.25) is 5.78 Å². The molecule has 0 bridgehead atoms. The van der Waals surface area contributed by atoms with Crippen LogP contribution in [-0.2, 0) is 4.79 Å². The van der Waals surface area contributed by atoms with Gasteiger partial charge in [-0.2, -0.15) is 0 Å². The Balaban J connectivity index is 3.09. The standard InChI is InChI=1S/C11H12O3/c1-7-6-9(11(13)8(2)12)4-5-10(7)14-3/h4-6H,1-3H3. The first kappa shape index (κ1) is 10.4. The molecule has 0 atom stereocenters. The van der Waals surface area contributed by atoms with Gasteiger partial charge >= 0.3 is 0 Å². The Bertz CT molecular complexity index is 380. The minimum Gasteiger partial charge on any atom is -0.496 e. The first-order chi connectivity index (χ1) is 6.56. The molecule has 0 saturated heterocycles. The molecule has 74 valence electrons. The summed E-state index contributed by atoms with van der Waals surface area (Å²) in [5.41, 5.74) is 1.26. The molecule has 14 heavy (non-hydrogen) atoms. The monoisotopic (exact) mass is 192 g/mol. The van der Waals surface area contributed by atoms with Gasteiger partial charge in [0.25, 0.3) is 0 Å². The van der Waals surface area contributed by atoms with Crippen LogP contribution in [0.3, 0.4) is 0 Å². The molecule has 0 amide bonds. The number of ketones is 2. The summed E-state index contributed by atoms with van der Waals surface area (Å²) in [7, 11) is 1.56. The Morgan fingerprint density at radius 3 is 2.36 bits per heavy atom. The van der Waals surface area contributed by atoms with Crippen molar-refractivity contribution in [2.75, 3.05) is 7.11 Å². The van der Waals surface area contributed by atoms with Gasteiger partial charge in [0.15, 0.2) is 5.78 Å². The molecule has 0 heterocycles. The lowest BCUT2D eigenvalue weighted by Gasteiger charge is -2.05. The molecule has 0 aliphatic rings. The first-order valence-corrected chi connectivity index (χ1v) is 4.26. The summed E-state index contributed by atoms with van der Waals surface area (Å²) >= 11 is 0. The number of methoxy groups -OCH3 is 1. The fourth-order valence-corrected chi connectivity index (χ4v) is 1.22. The lowest BCUT2D eigenvalue weighted by molar-refractivity contribution is -0.113. The minimum atomic E-state index is -0.462. The number of hydrogen-bond donors (Lipinski definition) is 0. The number of Topliss-reactive ketones (excluding diaryl/α,β-unsaturated/α-hetero) is 2. The van der Waals surface area contributed by atoms with Crippen LogP contribution in [-0.4, -0.2) is 18.7 Å². The van der Waals surface area contributed by atoms with Crippen molar-refractivity contribution in [3.05, 3.63) is 29.3 Å². The lowest BCUT2D eigenvalue weighted by Crippen LogP contribution is -2.09. The molecule has 0 saturated carbocycles. The van der Waals surface area contributed by atoms with Crippen molar-refractivity contribution < 1.29 is 14.3 Å². The highest BCUT2D eigenvalue weighted by molar-refractivity contribution is 6.42. The van der Waals surface area contributed by atoms with Crippen molar-refractivity contribution in [2.24, 2.45) is 0 Å². The third-order valence-electron chi connectivity index (χ3n) is 1.98. The molecule has 1 aromatic rings. The van der Waals surface area contributed by atoms with Crippen LogP contribution < -0.4 is 4.74 Å². The largest absolute Gasteiger partial charge is 0.496 e. The Morgan fingerprint density at radius 1 is 1.29 bits per heavy atom. The third-order valence-corrected chi connectivity index (χ3v) is 1.98. The van der Waals surface area contributed by atoms with Gasteiger partial charge in [0, 0.05) is 12.5 Å². The summed E-state index contributed by atoms with van der Waals surface area (Å²) in [6.07, 6.45) is 0. The molecule has 0 N–H and O–H groups in total. The minimum absolute atomic E-state index is 0.413. The van der Waals surface area contributed by atoms with Gasteiger partial charge in [-0.15, -0.1) is 0 Å². The predicted molar refractivity (Wildman–Crippen MR) is 52.7 cm³/mol. The van der Waals surface area contributed by atoms with Crippen LogP contribution in [0.4, 0.5) is 0 Å². The number of hydrogen-bond acceptors (Lipinski definition) is 3. The Labute approximate surface area is 82.7 Å². The summed E-state index contributed by atoms with van der Waals surface area (Å²) in [4.78, 5) is 22.1. The highest BCUT2D eigenvalue weighted by Crippen LogP contribution is 2.18. The Hall–Kier alpha value is -1.64. The highest BCUT2D eigenvalue weighted by Gasteiger charge is 2.11. The van der Waals surface area contributed by atoms with E-state index in [2.05, 4.69) is 0 Å². The van der Waals surface area contributed by atoms with E-state index in [9.17, 15) is 9.59 Å². The highest BCUT2D eigenvalue weighted by atomic mass is 16.5. The molecule has 0 spiro atoms. The molecule has 1 aromatic carbocycles. The number of carbonyl (C=O) groups excluding carboxylic acids is 2. The van der Waals surface area contributed by atoms with E-state index >= 15 is 0 Å². The van der Waals surface area contributed by atoms with Crippen LogP contribution >= 0.6 is 0 Å². The number of ether oxygens (including phenoxy) is 1. The topological polar surface area (TPSA) is 43.4 Å². The molecule has 3 nitrogen and oxygen atoms in total. The van der Waals surface area contributed by atoms with E-state index in [0.717, 1.165) is 5.56 Å². The van der Waals surface area contributed by atoms with Crippen LogP contribution in [0.5, 0.6) is 5.75 Å². The van der Waals surface area contributed by atoms with Crippen molar-refractivity contribution in [3.8, 4) is 5.75 Å². The number of aryl methyl sites for hydroxylation is 1. The van der Waals surface area contributed by atoms with Gasteiger partial charge in [-0.25, -0.2) is 0 Å². The smallest absolute Gasteiger partial charge is 0.228 e. The maximum Gasteiger partial charge on any atom is 0.228 e. The third kappa shape index (κ3) is 1.99. The van der Waals surface area contributed by atoms with E-state index in [1.807, 2.05) is 6.92 Å². The van der Waals surface area contributed by atoms with Crippen molar-refractivity contribution >= 4 is 11.6 Å². The van der Waals surface area contributed by atoms with Crippen molar-refractivity contribution in [1.82, 2.24) is 0 Å². The molecule has 0 fully saturated rings. The normalized spacial score (nSPS) is 9.64. The van der Waals surface area contributed by atoms with Gasteiger partial charge in [0.05, 0.1) is 7.11 Å². The van der Waals surface area contributed by atoms with Gasteiger partial charge < -0.3 is 4.74 Å². The maximum absolute atomic E-state index is 11.3. The fourth-order valence-electron chi connectivity index (χ4n) is 1.22. The van der Waals surface area contributed by atoms with Crippen LogP contribution in [0.1, 0.15) is 22.8 Å². The van der Waals surface area contributed by atoms with Crippen molar-refractivity contribution in [1.29, 1.82) is 0 Å². The summed E-state index contributed by atoms with van der Waals surface area (Å²) in [6, 6.07) is 4.93. The molecular formula is C11H12O3. The van der Waals surface area contributed by atoms with E-state index in [0.29, 0.717) is 11.3 Å². The zero-order valence-electron chi connectivity index (χ0n) is 8.46. The second-order valence-corrected chi connectivity index (χ2v) is 3.07. The van der Waals surface area contributed by atoms with E-state index in [4.69, 9.17) is 4.74 Å². The van der Waals surface area contributed by atoms with Gasteiger partial charge in [-0.1, -0.05) is 0 Å². The average Bonchev–Trinajstić information content (AvgIpc) is 2.16. The SMILES string of the molecule is COc1ccc(C(=O)C(C)=O)cc1C. The van der Waals surface area contributed by atoms with Crippen molar-refractivity contribution in [3.63, 3.8) is 0 Å². The van der Waals surface area contributed by atoms with Crippen LogP contribution in [0.2, 0.25) is 0 Å². The maximum atomic E-state index is 11.3. The molecule has 0 aliphatic heterocycles. The number of carbonyl (C=O) groups is 2. The van der Waals surface area contributed by atoms with Crippen LogP contribution in [0, 0.1) is 6.92 Å². The van der Waals surface area contributed by atoms with E-state index in [1.165, 1.54) is 6.92 Å². The second kappa shape index (κ2) is 4.05. The molecule has 0 aromatic heterocycles. The molecule has 3 heteroatoms. The zero-order chi connectivity index (χ0) is 10.7. The van der Waals surface area contributed by atoms with Gasteiger partial charge in [0.1, 0.15) is 5.75 Å². The summed E-state index contributed by atoms with van der Waals surface area (Å²) in [5, 5.41) is 0. The van der Waals surface area contributed by atoms with Gasteiger partial charge in [-0.3, -0.25) is 9.59 Å². The van der Waals surface area contributed by atoms with Crippen LogP contribution in [0.25, 0.3) is 0 Å². The van der Waals surface area contributed by atoms with Crippen molar-refractivity contribution in [2.45, 2.75) is 13.8 Å². The average molecular weight is 192 g/mol. The van der Waals surface area contributed by atoms with Gasteiger partial charge in [-0.05, 0) is 30.7 Å². The quantitative estimate of drug-likeness (QED) is 0.541. The summed E-state index contributed by atoms with van der Waals surface area (Å²) in [5.74, 6) is -0.199. The second-order valence-electron chi connectivity index (χ2n) is 3.07. The molecule has 0 aliphatic carbocycles. The summed E-state index contributed by atoms with van der Waals surface area (Å²) in [6.45, 7) is 3.09. The lowest BCUT2D eigenvalue weighted by atomic mass is 10.1. The zero-order valence-corrected chi connectivity index (χ0v) is 8.46. The molecular weight excluding hydrogens is 180 g/mol. The van der Waals surface area contributed by atoms with Crippen LogP contribution in [0.15, 0.2) is 18.2 Å². The first-order valence-electron chi connectivity index (χ1n) is 4.26. The number of rotatable bonds is 3. The van der Waals surface area contributed by atoms with E-state index in [1.54, 1.807) is 25.3 Å². The summed E-state index contributed by atoms with van der Waals surface area (Å²) < 4.78 is 5.04. The predicted octanol–water partition coefficient (Wildman–Crippen LogP) is 1.78. The van der Waals surface area contributed by atoms with E-state index in [-0.39, 0.29) is 0 Å². The molecule has 0 unspecified atom stereocenters. The molecule has 0 radical (unpaired) electrons. The number of benzene rings is 1. The van der Waals surface area contributed by atoms with E-state index < -0.39 is 11.6 Å². The Morgan fingerprint density at radius 2 is 1.93 bits per heavy atom. The Kier molecular flexibility index (Phi) is 3.02.